The van der Waals surface area contributed by atoms with Gasteiger partial charge < -0.3 is 10.1 Å². The molecule has 0 spiro atoms. The Morgan fingerprint density at radius 3 is 2.46 bits per heavy atom. The average Bonchev–Trinajstić information content (AvgIpc) is 2.83. The minimum absolute atomic E-state index is 0.167. The van der Waals surface area contributed by atoms with E-state index >= 15 is 0 Å². The van der Waals surface area contributed by atoms with Crippen LogP contribution in [0.5, 0.6) is 5.75 Å². The van der Waals surface area contributed by atoms with E-state index in [1.54, 1.807) is 30.3 Å². The SMILES string of the molecule is O=C(COc1ccc(Cl)cc1/C=C1/C(=O)NC(=O)N(c2ccccc2)C1=O)Nc1ccc(F)cc1. The summed E-state index contributed by atoms with van der Waals surface area (Å²) in [5.41, 5.74) is 0.589. The molecule has 3 aromatic carbocycles. The molecule has 1 heterocycles. The number of halogens is 2. The normalized spacial score (nSPS) is 14.6. The third kappa shape index (κ3) is 5.53. The minimum Gasteiger partial charge on any atom is -0.483 e. The lowest BCUT2D eigenvalue weighted by Crippen LogP contribution is -2.54. The van der Waals surface area contributed by atoms with Crippen molar-refractivity contribution in [1.82, 2.24) is 5.32 Å². The molecule has 5 amide bonds. The molecule has 4 rings (SSSR count). The first-order chi connectivity index (χ1) is 16.8. The Balaban J connectivity index is 1.57. The fourth-order valence-electron chi connectivity index (χ4n) is 3.26. The number of hydrogen-bond acceptors (Lipinski definition) is 5. The molecule has 10 heteroatoms. The number of benzene rings is 3. The Morgan fingerprint density at radius 2 is 1.74 bits per heavy atom. The van der Waals surface area contributed by atoms with Crippen LogP contribution in [0.25, 0.3) is 6.08 Å². The molecule has 0 saturated carbocycles. The van der Waals surface area contributed by atoms with Gasteiger partial charge in [0.2, 0.25) is 0 Å². The van der Waals surface area contributed by atoms with Crippen molar-refractivity contribution < 1.29 is 28.3 Å². The number of rotatable bonds is 6. The van der Waals surface area contributed by atoms with Gasteiger partial charge in [0, 0.05) is 16.3 Å². The molecule has 3 aromatic rings. The Labute approximate surface area is 203 Å². The molecular formula is C25H17ClFN3O5. The predicted octanol–water partition coefficient (Wildman–Crippen LogP) is 4.16. The van der Waals surface area contributed by atoms with E-state index < -0.39 is 36.2 Å². The summed E-state index contributed by atoms with van der Waals surface area (Å²) in [5.74, 6) is -2.50. The van der Waals surface area contributed by atoms with Crippen molar-refractivity contribution in [3.05, 3.63) is 94.8 Å². The fourth-order valence-corrected chi connectivity index (χ4v) is 3.44. The van der Waals surface area contributed by atoms with Gasteiger partial charge in [0.05, 0.1) is 5.69 Å². The van der Waals surface area contributed by atoms with Crippen molar-refractivity contribution in [2.24, 2.45) is 0 Å². The third-order valence-electron chi connectivity index (χ3n) is 4.87. The number of nitrogens with zero attached hydrogens (tertiary/aromatic N) is 1. The van der Waals surface area contributed by atoms with Crippen LogP contribution in [0.4, 0.5) is 20.6 Å². The molecule has 1 fully saturated rings. The highest BCUT2D eigenvalue weighted by atomic mass is 35.5. The summed E-state index contributed by atoms with van der Waals surface area (Å²) < 4.78 is 18.6. The molecule has 35 heavy (non-hydrogen) atoms. The Morgan fingerprint density at radius 1 is 1.03 bits per heavy atom. The van der Waals surface area contributed by atoms with Crippen molar-refractivity contribution in [1.29, 1.82) is 0 Å². The van der Waals surface area contributed by atoms with Crippen LogP contribution in [0, 0.1) is 5.82 Å². The predicted molar refractivity (Wildman–Crippen MR) is 127 cm³/mol. The molecule has 2 N–H and O–H groups in total. The first-order valence-corrected chi connectivity index (χ1v) is 10.6. The molecular weight excluding hydrogens is 477 g/mol. The second kappa shape index (κ2) is 10.2. The first kappa shape index (κ1) is 23.7. The maximum atomic E-state index is 13.1. The number of hydrogen-bond donors (Lipinski definition) is 2. The van der Waals surface area contributed by atoms with Gasteiger partial charge in [-0.25, -0.2) is 14.1 Å². The van der Waals surface area contributed by atoms with Crippen LogP contribution in [0.15, 0.2) is 78.4 Å². The van der Waals surface area contributed by atoms with E-state index in [-0.39, 0.29) is 22.6 Å². The van der Waals surface area contributed by atoms with Gasteiger partial charge in [0.1, 0.15) is 17.1 Å². The summed E-state index contributed by atoms with van der Waals surface area (Å²) >= 11 is 6.09. The van der Waals surface area contributed by atoms with Crippen LogP contribution in [-0.4, -0.2) is 30.4 Å². The van der Waals surface area contributed by atoms with Crippen molar-refractivity contribution >= 4 is 52.8 Å². The smallest absolute Gasteiger partial charge is 0.335 e. The summed E-state index contributed by atoms with van der Waals surface area (Å²) in [6.45, 7) is -0.413. The molecule has 0 unspecified atom stereocenters. The zero-order valence-electron chi connectivity index (χ0n) is 18.0. The molecule has 0 atom stereocenters. The monoisotopic (exact) mass is 493 g/mol. The van der Waals surface area contributed by atoms with Gasteiger partial charge in [0.15, 0.2) is 6.61 Å². The number of carbonyl (C=O) groups is 4. The number of urea groups is 1. The highest BCUT2D eigenvalue weighted by molar-refractivity contribution is 6.39. The lowest BCUT2D eigenvalue weighted by atomic mass is 10.1. The number of imide groups is 2. The maximum Gasteiger partial charge on any atom is 0.335 e. The second-order valence-electron chi connectivity index (χ2n) is 7.32. The van der Waals surface area contributed by atoms with Crippen LogP contribution in [-0.2, 0) is 14.4 Å². The van der Waals surface area contributed by atoms with Crippen LogP contribution < -0.4 is 20.3 Å². The maximum absolute atomic E-state index is 13.1. The second-order valence-corrected chi connectivity index (χ2v) is 7.76. The van der Waals surface area contributed by atoms with Crippen molar-refractivity contribution in [2.45, 2.75) is 0 Å². The lowest BCUT2D eigenvalue weighted by Gasteiger charge is -2.26. The highest BCUT2D eigenvalue weighted by Gasteiger charge is 2.36. The number of nitrogens with one attached hydrogen (secondary N) is 2. The van der Waals surface area contributed by atoms with Gasteiger partial charge in [-0.2, -0.15) is 0 Å². The molecule has 176 valence electrons. The van der Waals surface area contributed by atoms with E-state index in [0.29, 0.717) is 10.7 Å². The topological polar surface area (TPSA) is 105 Å². The van der Waals surface area contributed by atoms with E-state index in [2.05, 4.69) is 10.6 Å². The molecule has 0 aliphatic carbocycles. The largest absolute Gasteiger partial charge is 0.483 e. The number of para-hydroxylation sites is 1. The van der Waals surface area contributed by atoms with Gasteiger partial charge >= 0.3 is 6.03 Å². The van der Waals surface area contributed by atoms with Crippen LogP contribution >= 0.6 is 11.6 Å². The van der Waals surface area contributed by atoms with Crippen molar-refractivity contribution in [3.63, 3.8) is 0 Å². The van der Waals surface area contributed by atoms with E-state index in [9.17, 15) is 23.6 Å². The molecule has 1 saturated heterocycles. The standard InChI is InChI=1S/C25H17ClFN3O5/c26-16-6-11-21(35-14-22(31)28-18-9-7-17(27)8-10-18)15(12-16)13-20-23(32)29-25(34)30(24(20)33)19-4-2-1-3-5-19/h1-13H,14H2,(H,28,31)(H,29,32,34)/b20-13-. The quantitative estimate of drug-likeness (QED) is 0.396. The van der Waals surface area contributed by atoms with Crippen molar-refractivity contribution in [2.75, 3.05) is 16.8 Å². The summed E-state index contributed by atoms with van der Waals surface area (Å²) in [6, 6.07) is 16.9. The lowest BCUT2D eigenvalue weighted by molar-refractivity contribution is -0.122. The van der Waals surface area contributed by atoms with Crippen LogP contribution in [0.2, 0.25) is 5.02 Å². The molecule has 0 aromatic heterocycles. The number of barbiturate groups is 1. The van der Waals surface area contributed by atoms with Crippen molar-refractivity contribution in [3.8, 4) is 5.75 Å². The van der Waals surface area contributed by atoms with Gasteiger partial charge in [-0.3, -0.25) is 19.7 Å². The van der Waals surface area contributed by atoms with Crippen LogP contribution in [0.3, 0.4) is 0 Å². The third-order valence-corrected chi connectivity index (χ3v) is 5.11. The summed E-state index contributed by atoms with van der Waals surface area (Å²) in [5, 5.41) is 4.99. The molecule has 0 bridgehead atoms. The van der Waals surface area contributed by atoms with E-state index in [1.807, 2.05) is 0 Å². The van der Waals surface area contributed by atoms with Gasteiger partial charge in [0.25, 0.3) is 17.7 Å². The van der Waals surface area contributed by atoms with E-state index in [0.717, 1.165) is 4.90 Å². The zero-order valence-corrected chi connectivity index (χ0v) is 18.7. The summed E-state index contributed by atoms with van der Waals surface area (Å²) in [6.07, 6.45) is 1.24. The highest BCUT2D eigenvalue weighted by Crippen LogP contribution is 2.28. The zero-order chi connectivity index (χ0) is 24.9. The van der Waals surface area contributed by atoms with Gasteiger partial charge in [-0.1, -0.05) is 29.8 Å². The molecule has 1 aliphatic rings. The molecule has 8 nitrogen and oxygen atoms in total. The van der Waals surface area contributed by atoms with E-state index in [4.69, 9.17) is 16.3 Å². The number of ether oxygens (including phenoxy) is 1. The number of carbonyl (C=O) groups excluding carboxylic acids is 4. The average molecular weight is 494 g/mol. The van der Waals surface area contributed by atoms with Crippen LogP contribution in [0.1, 0.15) is 5.56 Å². The number of amides is 5. The van der Waals surface area contributed by atoms with Gasteiger partial charge in [-0.15, -0.1) is 0 Å². The Hall–Kier alpha value is -4.50. The Bertz CT molecular complexity index is 1340. The molecule has 0 radical (unpaired) electrons. The fraction of sp³-hybridized carbons (Fsp3) is 0.0400. The first-order valence-electron chi connectivity index (χ1n) is 10.3. The van der Waals surface area contributed by atoms with E-state index in [1.165, 1.54) is 48.5 Å². The summed E-state index contributed by atoms with van der Waals surface area (Å²) in [7, 11) is 0. The Kier molecular flexibility index (Phi) is 6.88. The van der Waals surface area contributed by atoms with Gasteiger partial charge in [-0.05, 0) is 60.7 Å². The number of anilines is 2. The summed E-state index contributed by atoms with van der Waals surface area (Å²) in [4.78, 5) is 50.9. The minimum atomic E-state index is -0.882. The molecule has 1 aliphatic heterocycles.